The Hall–Kier alpha value is -2.95. The summed E-state index contributed by atoms with van der Waals surface area (Å²) >= 11 is 6.45. The Morgan fingerprint density at radius 2 is 1.85 bits per heavy atom. The van der Waals surface area contributed by atoms with Crippen molar-refractivity contribution in [3.8, 4) is 12.1 Å². The highest BCUT2D eigenvalue weighted by atomic mass is 79.9. The van der Waals surface area contributed by atoms with Crippen molar-refractivity contribution in [1.29, 1.82) is 10.5 Å². The largest absolute Gasteiger partial charge is 0.461 e. The molecule has 0 spiro atoms. The molecule has 0 saturated heterocycles. The van der Waals surface area contributed by atoms with Gasteiger partial charge in [-0.2, -0.15) is 10.5 Å². The highest BCUT2D eigenvalue weighted by molar-refractivity contribution is 9.11. The Balaban J connectivity index is 0.000000223. The molecule has 0 unspecified atom stereocenters. The zero-order valence-electron chi connectivity index (χ0n) is 14.0. The number of anilines is 1. The van der Waals surface area contributed by atoms with Gasteiger partial charge >= 0.3 is 5.97 Å². The van der Waals surface area contributed by atoms with Crippen molar-refractivity contribution in [3.63, 3.8) is 0 Å². The fourth-order valence-electron chi connectivity index (χ4n) is 1.97. The maximum Gasteiger partial charge on any atom is 0.356 e. The molecule has 0 atom stereocenters. The van der Waals surface area contributed by atoms with Crippen molar-refractivity contribution in [2.75, 3.05) is 12.3 Å². The smallest absolute Gasteiger partial charge is 0.356 e. The third-order valence-corrected chi connectivity index (χ3v) is 4.39. The van der Waals surface area contributed by atoms with Crippen LogP contribution in [-0.2, 0) is 4.74 Å². The molecule has 0 saturated carbocycles. The summed E-state index contributed by atoms with van der Waals surface area (Å²) in [6.07, 6.45) is 4.42. The lowest BCUT2D eigenvalue weighted by atomic mass is 10.3. The minimum atomic E-state index is -0.456. The van der Waals surface area contributed by atoms with Gasteiger partial charge in [-0.1, -0.05) is 0 Å². The molecular formula is C17H12Br2N6O2. The van der Waals surface area contributed by atoms with Crippen LogP contribution in [-0.4, -0.2) is 26.9 Å². The first-order chi connectivity index (χ1) is 12.9. The molecule has 0 aliphatic carbocycles. The van der Waals surface area contributed by atoms with E-state index in [1.807, 2.05) is 12.1 Å². The van der Waals surface area contributed by atoms with Crippen LogP contribution in [0, 0.1) is 22.7 Å². The Bertz CT molecular complexity index is 1080. The Labute approximate surface area is 171 Å². The summed E-state index contributed by atoms with van der Waals surface area (Å²) in [5, 5.41) is 17.3. The monoisotopic (exact) mass is 490 g/mol. The van der Waals surface area contributed by atoms with Gasteiger partial charge in [0.15, 0.2) is 11.3 Å². The molecule has 10 heteroatoms. The standard InChI is InChI=1S/C11H8BrN3O2.C6H4BrN3/c1-2-17-11(16)9-5-14-10-8(12)3-7(4-13)6-15(9)10;7-5-1-4(2-8)3-10-6(5)9/h3,5-6H,2H2,1H3;1,3H,(H2,9,10). The Morgan fingerprint density at radius 3 is 2.44 bits per heavy atom. The van der Waals surface area contributed by atoms with Gasteiger partial charge in [-0.25, -0.2) is 14.8 Å². The normalized spacial score (nSPS) is 9.67. The fraction of sp³-hybridized carbons (Fsp3) is 0.118. The third-order valence-electron chi connectivity index (χ3n) is 3.17. The van der Waals surface area contributed by atoms with Crippen LogP contribution in [0.4, 0.5) is 5.82 Å². The number of carbonyl (C=O) groups excluding carboxylic acids is 1. The number of hydrogen-bond acceptors (Lipinski definition) is 7. The van der Waals surface area contributed by atoms with Gasteiger partial charge in [-0.05, 0) is 50.9 Å². The van der Waals surface area contributed by atoms with Crippen molar-refractivity contribution < 1.29 is 9.53 Å². The number of esters is 1. The molecule has 0 fully saturated rings. The first kappa shape index (κ1) is 20.4. The van der Waals surface area contributed by atoms with Crippen molar-refractivity contribution >= 4 is 49.3 Å². The molecule has 0 amide bonds. The number of carbonyl (C=O) groups is 1. The highest BCUT2D eigenvalue weighted by Crippen LogP contribution is 2.20. The molecule has 0 radical (unpaired) electrons. The van der Waals surface area contributed by atoms with Crippen LogP contribution in [0.3, 0.4) is 0 Å². The van der Waals surface area contributed by atoms with E-state index in [1.54, 1.807) is 29.7 Å². The number of nitrogens with zero attached hydrogens (tertiary/aromatic N) is 5. The summed E-state index contributed by atoms with van der Waals surface area (Å²) in [4.78, 5) is 19.5. The Morgan fingerprint density at radius 1 is 1.19 bits per heavy atom. The number of aromatic nitrogens is 3. The van der Waals surface area contributed by atoms with E-state index < -0.39 is 5.97 Å². The second-order valence-electron chi connectivity index (χ2n) is 4.95. The van der Waals surface area contributed by atoms with Crippen LogP contribution >= 0.6 is 31.9 Å². The van der Waals surface area contributed by atoms with Crippen LogP contribution in [0.25, 0.3) is 5.65 Å². The summed E-state index contributed by atoms with van der Waals surface area (Å²) in [5.41, 5.74) is 7.20. The second-order valence-corrected chi connectivity index (χ2v) is 6.66. The molecule has 3 aromatic heterocycles. The number of nitriles is 2. The van der Waals surface area contributed by atoms with E-state index in [1.165, 1.54) is 12.4 Å². The van der Waals surface area contributed by atoms with E-state index in [0.29, 0.717) is 43.8 Å². The third kappa shape index (κ3) is 4.82. The van der Waals surface area contributed by atoms with E-state index in [9.17, 15) is 4.79 Å². The molecule has 3 heterocycles. The number of hydrogen-bond donors (Lipinski definition) is 1. The molecule has 136 valence electrons. The number of nitrogens with two attached hydrogens (primary N) is 1. The summed E-state index contributed by atoms with van der Waals surface area (Å²) in [7, 11) is 0. The molecule has 27 heavy (non-hydrogen) atoms. The number of pyridine rings is 2. The van der Waals surface area contributed by atoms with Crippen molar-refractivity contribution in [3.05, 3.63) is 56.5 Å². The van der Waals surface area contributed by atoms with E-state index in [-0.39, 0.29) is 0 Å². The topological polar surface area (TPSA) is 130 Å². The zero-order chi connectivity index (χ0) is 20.0. The average molecular weight is 492 g/mol. The molecule has 0 bridgehead atoms. The van der Waals surface area contributed by atoms with Gasteiger partial charge in [0.2, 0.25) is 0 Å². The first-order valence-corrected chi connectivity index (χ1v) is 9.04. The van der Waals surface area contributed by atoms with Crippen LogP contribution in [0.5, 0.6) is 0 Å². The van der Waals surface area contributed by atoms with Crippen LogP contribution in [0.1, 0.15) is 28.5 Å². The quantitative estimate of drug-likeness (QED) is 0.543. The summed E-state index contributed by atoms with van der Waals surface area (Å²) in [6, 6.07) is 7.24. The SMILES string of the molecule is CCOC(=O)c1cnc2c(Br)cc(C#N)cn12.N#Cc1cnc(N)c(Br)c1. The molecule has 0 aliphatic rings. The molecule has 0 aromatic carbocycles. The molecule has 3 aromatic rings. The number of imidazole rings is 1. The minimum Gasteiger partial charge on any atom is -0.461 e. The maximum absolute atomic E-state index is 11.6. The summed E-state index contributed by atoms with van der Waals surface area (Å²) in [5.74, 6) is -0.0546. The van der Waals surface area contributed by atoms with E-state index >= 15 is 0 Å². The van der Waals surface area contributed by atoms with Crippen LogP contribution < -0.4 is 5.73 Å². The summed E-state index contributed by atoms with van der Waals surface area (Å²) in [6.45, 7) is 2.03. The Kier molecular flexibility index (Phi) is 6.88. The van der Waals surface area contributed by atoms with E-state index in [2.05, 4.69) is 41.8 Å². The van der Waals surface area contributed by atoms with Crippen molar-refractivity contribution in [2.24, 2.45) is 0 Å². The van der Waals surface area contributed by atoms with Gasteiger partial charge in [0.1, 0.15) is 18.0 Å². The number of ether oxygens (including phenoxy) is 1. The van der Waals surface area contributed by atoms with E-state index in [0.717, 1.165) is 0 Å². The highest BCUT2D eigenvalue weighted by Gasteiger charge is 2.15. The van der Waals surface area contributed by atoms with Crippen molar-refractivity contribution in [1.82, 2.24) is 14.4 Å². The first-order valence-electron chi connectivity index (χ1n) is 7.46. The number of fused-ring (bicyclic) bond motifs is 1. The average Bonchev–Trinajstić information content (AvgIpc) is 3.09. The maximum atomic E-state index is 11.6. The molecule has 3 rings (SSSR count). The van der Waals surface area contributed by atoms with Gasteiger partial charge in [0.25, 0.3) is 0 Å². The van der Waals surface area contributed by atoms with Crippen LogP contribution in [0.15, 0.2) is 39.7 Å². The second kappa shape index (κ2) is 9.12. The predicted molar refractivity (Wildman–Crippen MR) is 105 cm³/mol. The van der Waals surface area contributed by atoms with E-state index in [4.69, 9.17) is 21.0 Å². The predicted octanol–water partition coefficient (Wildman–Crippen LogP) is 3.44. The lowest BCUT2D eigenvalue weighted by Gasteiger charge is -2.02. The summed E-state index contributed by atoms with van der Waals surface area (Å²) < 4.78 is 7.77. The number of nitrogen functional groups attached to an aromatic ring is 1. The lowest BCUT2D eigenvalue weighted by Crippen LogP contribution is -2.08. The fourth-order valence-corrected chi connectivity index (χ4v) is 2.86. The molecule has 0 aliphatic heterocycles. The molecule has 2 N–H and O–H groups in total. The van der Waals surface area contributed by atoms with Gasteiger partial charge in [-0.15, -0.1) is 0 Å². The number of rotatable bonds is 2. The van der Waals surface area contributed by atoms with Crippen LogP contribution in [0.2, 0.25) is 0 Å². The molecular weight excluding hydrogens is 480 g/mol. The molecule has 8 nitrogen and oxygen atoms in total. The van der Waals surface area contributed by atoms with Gasteiger partial charge in [0.05, 0.1) is 32.9 Å². The number of halogens is 2. The van der Waals surface area contributed by atoms with Gasteiger partial charge in [0, 0.05) is 12.4 Å². The minimum absolute atomic E-state index is 0.297. The zero-order valence-corrected chi connectivity index (χ0v) is 17.2. The van der Waals surface area contributed by atoms with Gasteiger partial charge in [-0.3, -0.25) is 4.40 Å². The lowest BCUT2D eigenvalue weighted by molar-refractivity contribution is 0.0518. The van der Waals surface area contributed by atoms with Crippen molar-refractivity contribution in [2.45, 2.75) is 6.92 Å². The van der Waals surface area contributed by atoms with Gasteiger partial charge < -0.3 is 10.5 Å².